The molecule has 80 valence electrons. The number of rotatable bonds is 4. The molecule has 0 spiro atoms. The molecule has 1 fully saturated rings. The van der Waals surface area contributed by atoms with Gasteiger partial charge < -0.3 is 10.2 Å². The molecule has 0 atom stereocenters. The molecule has 0 unspecified atom stereocenters. The van der Waals surface area contributed by atoms with Gasteiger partial charge >= 0.3 is 0 Å². The molecule has 1 rings (SSSR count). The average Bonchev–Trinajstić information content (AvgIpc) is 2.17. The zero-order valence-electron chi connectivity index (χ0n) is 8.71. The van der Waals surface area contributed by atoms with E-state index in [1.807, 2.05) is 6.92 Å². The van der Waals surface area contributed by atoms with Crippen LogP contribution in [0.1, 0.15) is 26.2 Å². The van der Waals surface area contributed by atoms with Crippen LogP contribution in [0.4, 0.5) is 0 Å². The molecule has 0 aromatic rings. The van der Waals surface area contributed by atoms with Crippen molar-refractivity contribution in [2.24, 2.45) is 0 Å². The Labute approximate surface area is 84.7 Å². The van der Waals surface area contributed by atoms with Gasteiger partial charge in [-0.2, -0.15) is 0 Å². The van der Waals surface area contributed by atoms with Crippen LogP contribution in [0.5, 0.6) is 0 Å². The van der Waals surface area contributed by atoms with Crippen LogP contribution in [0.15, 0.2) is 0 Å². The van der Waals surface area contributed by atoms with E-state index >= 15 is 0 Å². The van der Waals surface area contributed by atoms with Crippen molar-refractivity contribution in [2.45, 2.75) is 26.2 Å². The van der Waals surface area contributed by atoms with E-state index in [2.05, 4.69) is 10.2 Å². The van der Waals surface area contributed by atoms with Crippen LogP contribution in [0, 0.1) is 0 Å². The fraction of sp³-hybridized carbons (Fsp3) is 0.800. The largest absolute Gasteiger partial charge is 0.356 e. The first-order chi connectivity index (χ1) is 6.72. The number of hydrogen-bond acceptors (Lipinski definition) is 3. The minimum atomic E-state index is 0.101. The van der Waals surface area contributed by atoms with Gasteiger partial charge in [-0.3, -0.25) is 9.59 Å². The zero-order chi connectivity index (χ0) is 10.4. The number of carbonyl (C=O) groups excluding carboxylic acids is 2. The summed E-state index contributed by atoms with van der Waals surface area (Å²) in [5.41, 5.74) is 0. The maximum atomic E-state index is 11.1. The molecule has 0 aromatic carbocycles. The van der Waals surface area contributed by atoms with Crippen LogP contribution in [-0.2, 0) is 9.59 Å². The highest BCUT2D eigenvalue weighted by atomic mass is 16.1. The van der Waals surface area contributed by atoms with Gasteiger partial charge in [0.1, 0.15) is 5.78 Å². The number of carbonyl (C=O) groups is 2. The summed E-state index contributed by atoms with van der Waals surface area (Å²) in [5.74, 6) is 0.448. The fourth-order valence-corrected chi connectivity index (χ4v) is 1.57. The van der Waals surface area contributed by atoms with E-state index in [0.29, 0.717) is 31.6 Å². The van der Waals surface area contributed by atoms with E-state index in [-0.39, 0.29) is 5.91 Å². The third-order valence-corrected chi connectivity index (χ3v) is 2.44. The zero-order valence-corrected chi connectivity index (χ0v) is 8.71. The molecule has 0 radical (unpaired) electrons. The topological polar surface area (TPSA) is 49.4 Å². The molecule has 0 saturated carbocycles. The highest BCUT2D eigenvalue weighted by molar-refractivity contribution is 5.79. The van der Waals surface area contributed by atoms with Crippen molar-refractivity contribution in [3.63, 3.8) is 0 Å². The minimum Gasteiger partial charge on any atom is -0.356 e. The van der Waals surface area contributed by atoms with Gasteiger partial charge in [0.25, 0.3) is 0 Å². The van der Waals surface area contributed by atoms with Crippen molar-refractivity contribution < 1.29 is 9.59 Å². The SMILES string of the molecule is CCNC(=O)CCN1CCC(=O)CC1. The number of nitrogens with one attached hydrogen (secondary N) is 1. The fourth-order valence-electron chi connectivity index (χ4n) is 1.57. The summed E-state index contributed by atoms with van der Waals surface area (Å²) >= 11 is 0. The molecule has 4 nitrogen and oxygen atoms in total. The number of amides is 1. The van der Waals surface area contributed by atoms with Gasteiger partial charge in [0.2, 0.25) is 5.91 Å². The smallest absolute Gasteiger partial charge is 0.221 e. The lowest BCUT2D eigenvalue weighted by Gasteiger charge is -2.25. The first-order valence-corrected chi connectivity index (χ1v) is 5.23. The van der Waals surface area contributed by atoms with Crippen LogP contribution in [0.2, 0.25) is 0 Å². The van der Waals surface area contributed by atoms with Crippen LogP contribution < -0.4 is 5.32 Å². The minimum absolute atomic E-state index is 0.101. The number of nitrogens with zero attached hydrogens (tertiary/aromatic N) is 1. The Kier molecular flexibility index (Phi) is 4.59. The van der Waals surface area contributed by atoms with E-state index in [1.54, 1.807) is 0 Å². The summed E-state index contributed by atoms with van der Waals surface area (Å²) in [5, 5.41) is 2.76. The molecule has 1 aliphatic rings. The first kappa shape index (κ1) is 11.2. The Morgan fingerprint density at radius 2 is 2.07 bits per heavy atom. The Hall–Kier alpha value is -0.900. The molecule has 14 heavy (non-hydrogen) atoms. The highest BCUT2D eigenvalue weighted by Gasteiger charge is 2.16. The predicted octanol–water partition coefficient (Wildman–Crippen LogP) is 0.178. The summed E-state index contributed by atoms with van der Waals surface area (Å²) in [6, 6.07) is 0. The summed E-state index contributed by atoms with van der Waals surface area (Å²) < 4.78 is 0. The van der Waals surface area contributed by atoms with Crippen LogP contribution >= 0.6 is 0 Å². The van der Waals surface area contributed by atoms with Gasteiger partial charge in [0.05, 0.1) is 0 Å². The molecule has 1 amide bonds. The average molecular weight is 198 g/mol. The third kappa shape index (κ3) is 3.87. The lowest BCUT2D eigenvalue weighted by molar-refractivity contribution is -0.122. The normalized spacial score (nSPS) is 18.2. The van der Waals surface area contributed by atoms with Gasteiger partial charge in [-0.25, -0.2) is 0 Å². The van der Waals surface area contributed by atoms with Crippen LogP contribution in [0.3, 0.4) is 0 Å². The van der Waals surface area contributed by atoms with E-state index in [9.17, 15) is 9.59 Å². The molecule has 0 aromatic heterocycles. The van der Waals surface area contributed by atoms with Crippen molar-refractivity contribution in [3.05, 3.63) is 0 Å². The Bertz CT molecular complexity index is 206. The summed E-state index contributed by atoms with van der Waals surface area (Å²) in [7, 11) is 0. The molecular formula is C10H18N2O2. The quantitative estimate of drug-likeness (QED) is 0.701. The summed E-state index contributed by atoms with van der Waals surface area (Å²) in [6.45, 7) is 5.02. The lowest BCUT2D eigenvalue weighted by atomic mass is 10.1. The highest BCUT2D eigenvalue weighted by Crippen LogP contribution is 2.05. The molecule has 1 N–H and O–H groups in total. The Balaban J connectivity index is 2.12. The van der Waals surface area contributed by atoms with E-state index in [1.165, 1.54) is 0 Å². The second kappa shape index (κ2) is 5.75. The molecule has 1 aliphatic heterocycles. The van der Waals surface area contributed by atoms with Crippen LogP contribution in [0.25, 0.3) is 0 Å². The molecule has 0 bridgehead atoms. The maximum Gasteiger partial charge on any atom is 0.221 e. The van der Waals surface area contributed by atoms with Crippen LogP contribution in [-0.4, -0.2) is 42.8 Å². The summed E-state index contributed by atoms with van der Waals surface area (Å²) in [6.07, 6.45) is 1.84. The number of piperidine rings is 1. The van der Waals surface area contributed by atoms with E-state index in [0.717, 1.165) is 19.6 Å². The first-order valence-electron chi connectivity index (χ1n) is 5.23. The van der Waals surface area contributed by atoms with Crippen molar-refractivity contribution in [2.75, 3.05) is 26.2 Å². The van der Waals surface area contributed by atoms with Crippen molar-refractivity contribution in [1.82, 2.24) is 10.2 Å². The number of hydrogen-bond donors (Lipinski definition) is 1. The van der Waals surface area contributed by atoms with Gasteiger partial charge in [0, 0.05) is 45.4 Å². The third-order valence-electron chi connectivity index (χ3n) is 2.44. The standard InChI is InChI=1S/C10H18N2O2/c1-2-11-10(14)5-8-12-6-3-9(13)4-7-12/h2-8H2,1H3,(H,11,14). The molecule has 4 heteroatoms. The monoisotopic (exact) mass is 198 g/mol. The molecule has 1 saturated heterocycles. The Morgan fingerprint density at radius 3 is 2.64 bits per heavy atom. The van der Waals surface area contributed by atoms with E-state index < -0.39 is 0 Å². The molecule has 0 aliphatic carbocycles. The second-order valence-corrected chi connectivity index (χ2v) is 3.58. The lowest BCUT2D eigenvalue weighted by Crippen LogP contribution is -2.36. The summed E-state index contributed by atoms with van der Waals surface area (Å²) in [4.78, 5) is 24.3. The van der Waals surface area contributed by atoms with Crippen molar-refractivity contribution in [3.8, 4) is 0 Å². The molecular weight excluding hydrogens is 180 g/mol. The van der Waals surface area contributed by atoms with Gasteiger partial charge in [-0.05, 0) is 6.92 Å². The van der Waals surface area contributed by atoms with Gasteiger partial charge in [0.15, 0.2) is 0 Å². The second-order valence-electron chi connectivity index (χ2n) is 3.58. The van der Waals surface area contributed by atoms with Crippen molar-refractivity contribution >= 4 is 11.7 Å². The number of ketones is 1. The number of likely N-dealkylation sites (tertiary alicyclic amines) is 1. The predicted molar refractivity (Wildman–Crippen MR) is 54.0 cm³/mol. The van der Waals surface area contributed by atoms with E-state index in [4.69, 9.17) is 0 Å². The van der Waals surface area contributed by atoms with Gasteiger partial charge in [-0.1, -0.05) is 0 Å². The Morgan fingerprint density at radius 1 is 1.43 bits per heavy atom. The van der Waals surface area contributed by atoms with Crippen molar-refractivity contribution in [1.29, 1.82) is 0 Å². The molecule has 1 heterocycles. The van der Waals surface area contributed by atoms with Gasteiger partial charge in [-0.15, -0.1) is 0 Å². The maximum absolute atomic E-state index is 11.1. The number of Topliss-reactive ketones (excluding diaryl/α,β-unsaturated/α-hetero) is 1.